The highest BCUT2D eigenvalue weighted by Gasteiger charge is 2.46. The summed E-state index contributed by atoms with van der Waals surface area (Å²) in [4.78, 5) is 15.0. The largest absolute Gasteiger partial charge is 0.458 e. The number of hydrogen-bond acceptors (Lipinski definition) is 4. The Morgan fingerprint density at radius 3 is 2.68 bits per heavy atom. The normalized spacial score (nSPS) is 21.9. The van der Waals surface area contributed by atoms with Crippen LogP contribution in [0.1, 0.15) is 36.5 Å². The molecule has 28 heavy (non-hydrogen) atoms. The molecule has 2 N–H and O–H groups in total. The summed E-state index contributed by atoms with van der Waals surface area (Å²) in [6.45, 7) is 2.71. The molecule has 1 amide bonds. The van der Waals surface area contributed by atoms with Crippen molar-refractivity contribution in [1.82, 2.24) is 20.4 Å². The van der Waals surface area contributed by atoms with Gasteiger partial charge in [0.25, 0.3) is 0 Å². The van der Waals surface area contributed by atoms with Crippen molar-refractivity contribution in [2.45, 2.75) is 37.3 Å². The second-order valence-electron chi connectivity index (χ2n) is 7.95. The van der Waals surface area contributed by atoms with Gasteiger partial charge in [0.1, 0.15) is 11.5 Å². The Bertz CT molecular complexity index is 940. The van der Waals surface area contributed by atoms with Gasteiger partial charge in [0.15, 0.2) is 5.76 Å². The number of carbonyl (C=O) groups excluding carboxylic acids is 1. The van der Waals surface area contributed by atoms with Crippen LogP contribution in [0.3, 0.4) is 0 Å². The summed E-state index contributed by atoms with van der Waals surface area (Å²) in [7, 11) is 0. The molecule has 1 aromatic carbocycles. The number of piperidine rings is 1. The lowest BCUT2D eigenvalue weighted by Crippen LogP contribution is -2.50. The molecule has 6 heteroatoms. The zero-order chi connectivity index (χ0) is 19.0. The average molecular weight is 376 g/mol. The molecule has 5 rings (SSSR count). The van der Waals surface area contributed by atoms with Crippen molar-refractivity contribution < 1.29 is 9.21 Å². The van der Waals surface area contributed by atoms with Crippen LogP contribution < -0.4 is 5.32 Å². The molecule has 6 nitrogen and oxygen atoms in total. The quantitative estimate of drug-likeness (QED) is 0.733. The molecule has 3 aromatic rings. The third-order valence-corrected chi connectivity index (χ3v) is 6.12. The van der Waals surface area contributed by atoms with E-state index in [0.29, 0.717) is 0 Å². The summed E-state index contributed by atoms with van der Waals surface area (Å²) in [6.07, 6.45) is 4.58. The smallest absolute Gasteiger partial charge is 0.228 e. The Hall–Kier alpha value is -2.86. The molecule has 1 spiro atoms. The minimum atomic E-state index is -0.0572. The molecule has 2 saturated heterocycles. The highest BCUT2D eigenvalue weighted by atomic mass is 16.3. The first-order chi connectivity index (χ1) is 13.7. The minimum absolute atomic E-state index is 0.0187. The van der Waals surface area contributed by atoms with Gasteiger partial charge in [0.05, 0.1) is 12.5 Å². The van der Waals surface area contributed by atoms with E-state index < -0.39 is 0 Å². The van der Waals surface area contributed by atoms with Gasteiger partial charge < -0.3 is 9.73 Å². The van der Waals surface area contributed by atoms with Crippen molar-refractivity contribution in [2.24, 2.45) is 0 Å². The van der Waals surface area contributed by atoms with Crippen molar-refractivity contribution >= 4 is 5.91 Å². The number of nitrogens with one attached hydrogen (secondary N) is 2. The van der Waals surface area contributed by atoms with Crippen molar-refractivity contribution in [3.63, 3.8) is 0 Å². The average Bonchev–Trinajstić information content (AvgIpc) is 3.45. The monoisotopic (exact) mass is 376 g/mol. The Balaban J connectivity index is 1.20. The van der Waals surface area contributed by atoms with Crippen LogP contribution in [0, 0.1) is 0 Å². The maximum atomic E-state index is 12.6. The Morgan fingerprint density at radius 2 is 1.93 bits per heavy atom. The molecule has 0 radical (unpaired) electrons. The van der Waals surface area contributed by atoms with Crippen LogP contribution in [0.5, 0.6) is 0 Å². The van der Waals surface area contributed by atoms with Gasteiger partial charge >= 0.3 is 0 Å². The van der Waals surface area contributed by atoms with Gasteiger partial charge in [-0.25, -0.2) is 0 Å². The number of hydrogen-bond donors (Lipinski definition) is 2. The number of aromatic amines is 1. The van der Waals surface area contributed by atoms with Crippen LogP contribution in [0.4, 0.5) is 0 Å². The molecular formula is C22H24N4O2. The fraction of sp³-hybridized carbons (Fsp3) is 0.364. The molecule has 2 aromatic heterocycles. The molecule has 4 heterocycles. The second kappa shape index (κ2) is 6.95. The Labute approximate surface area is 163 Å². The summed E-state index contributed by atoms with van der Waals surface area (Å²) in [5, 5.41) is 10.2. The van der Waals surface area contributed by atoms with E-state index in [0.717, 1.165) is 61.7 Å². The summed E-state index contributed by atoms with van der Waals surface area (Å²) in [6, 6.07) is 16.1. The lowest BCUT2D eigenvalue weighted by molar-refractivity contribution is -0.121. The molecule has 0 unspecified atom stereocenters. The van der Waals surface area contributed by atoms with E-state index in [1.807, 2.05) is 36.4 Å². The lowest BCUT2D eigenvalue weighted by Gasteiger charge is -2.39. The van der Waals surface area contributed by atoms with Gasteiger partial charge in [-0.2, -0.15) is 5.10 Å². The maximum absolute atomic E-state index is 12.6. The van der Waals surface area contributed by atoms with Gasteiger partial charge in [-0.15, -0.1) is 0 Å². The first kappa shape index (κ1) is 17.3. The van der Waals surface area contributed by atoms with E-state index >= 15 is 0 Å². The van der Waals surface area contributed by atoms with Crippen LogP contribution >= 0.6 is 0 Å². The van der Waals surface area contributed by atoms with Gasteiger partial charge in [-0.1, -0.05) is 30.3 Å². The minimum Gasteiger partial charge on any atom is -0.458 e. The molecule has 2 aliphatic rings. The second-order valence-corrected chi connectivity index (χ2v) is 7.95. The third-order valence-electron chi connectivity index (χ3n) is 6.12. The fourth-order valence-corrected chi connectivity index (χ4v) is 4.53. The van der Waals surface area contributed by atoms with Crippen LogP contribution in [-0.4, -0.2) is 39.6 Å². The van der Waals surface area contributed by atoms with Crippen molar-refractivity contribution in [3.05, 3.63) is 66.1 Å². The van der Waals surface area contributed by atoms with E-state index in [1.165, 1.54) is 0 Å². The molecular weight excluding hydrogens is 352 g/mol. The molecule has 2 aliphatic heterocycles. The predicted molar refractivity (Wildman–Crippen MR) is 105 cm³/mol. The number of aromatic nitrogens is 2. The maximum Gasteiger partial charge on any atom is 0.228 e. The number of rotatable bonds is 4. The van der Waals surface area contributed by atoms with E-state index in [2.05, 4.69) is 32.5 Å². The summed E-state index contributed by atoms with van der Waals surface area (Å²) in [5.41, 5.74) is 1.96. The number of furan rings is 1. The number of likely N-dealkylation sites (tertiary alicyclic amines) is 1. The molecule has 2 fully saturated rings. The number of benzene rings is 1. The van der Waals surface area contributed by atoms with Crippen molar-refractivity contribution in [3.8, 4) is 11.5 Å². The molecule has 0 bridgehead atoms. The van der Waals surface area contributed by atoms with E-state index in [1.54, 1.807) is 6.20 Å². The topological polar surface area (TPSA) is 74.2 Å². The van der Waals surface area contributed by atoms with Gasteiger partial charge in [0, 0.05) is 24.8 Å². The van der Waals surface area contributed by atoms with Crippen LogP contribution in [-0.2, 0) is 11.3 Å². The molecule has 0 saturated carbocycles. The van der Waals surface area contributed by atoms with E-state index in [9.17, 15) is 4.79 Å². The first-order valence-corrected chi connectivity index (χ1v) is 9.89. The summed E-state index contributed by atoms with van der Waals surface area (Å²) in [5.74, 6) is 1.93. The van der Waals surface area contributed by atoms with Crippen molar-refractivity contribution in [2.75, 3.05) is 13.1 Å². The SMILES string of the molecule is O=C1NC2(CCN(Cc3ccc(-c4ccn[nH]4)o3)CC2)C[C@H]1c1ccccc1. The van der Waals surface area contributed by atoms with Crippen LogP contribution in [0.25, 0.3) is 11.5 Å². The van der Waals surface area contributed by atoms with Gasteiger partial charge in [-0.3, -0.25) is 14.8 Å². The van der Waals surface area contributed by atoms with Crippen LogP contribution in [0.2, 0.25) is 0 Å². The third kappa shape index (κ3) is 3.24. The molecule has 0 aliphatic carbocycles. The number of amides is 1. The Kier molecular flexibility index (Phi) is 4.28. The van der Waals surface area contributed by atoms with Gasteiger partial charge in [0.2, 0.25) is 5.91 Å². The highest BCUT2D eigenvalue weighted by Crippen LogP contribution is 2.39. The van der Waals surface area contributed by atoms with Crippen LogP contribution in [0.15, 0.2) is 59.1 Å². The van der Waals surface area contributed by atoms with Gasteiger partial charge in [-0.05, 0) is 43.0 Å². The first-order valence-electron chi connectivity index (χ1n) is 9.89. The zero-order valence-corrected chi connectivity index (χ0v) is 15.7. The molecule has 144 valence electrons. The highest BCUT2D eigenvalue weighted by molar-refractivity contribution is 5.87. The van der Waals surface area contributed by atoms with Crippen molar-refractivity contribution in [1.29, 1.82) is 0 Å². The molecule has 1 atom stereocenters. The summed E-state index contributed by atoms with van der Waals surface area (Å²) >= 11 is 0. The zero-order valence-electron chi connectivity index (χ0n) is 15.7. The lowest BCUT2D eigenvalue weighted by atomic mass is 9.82. The standard InChI is InChI=1S/C22H24N4O2/c27-21-18(16-4-2-1-3-5-16)14-22(24-21)9-12-26(13-10-22)15-17-6-7-20(28-17)19-8-11-23-25-19/h1-8,11,18H,9-10,12-15H2,(H,23,25)(H,24,27)/t18-/m0/s1. The number of H-pyrrole nitrogens is 1. The fourth-order valence-electron chi connectivity index (χ4n) is 4.53. The van der Waals surface area contributed by atoms with E-state index in [4.69, 9.17) is 4.42 Å². The summed E-state index contributed by atoms with van der Waals surface area (Å²) < 4.78 is 5.96. The van der Waals surface area contributed by atoms with E-state index in [-0.39, 0.29) is 17.4 Å². The Morgan fingerprint density at radius 1 is 1.11 bits per heavy atom. The number of nitrogens with zero attached hydrogens (tertiary/aromatic N) is 2. The predicted octanol–water partition coefficient (Wildman–Crippen LogP) is 3.31. The number of carbonyl (C=O) groups is 1.